The Morgan fingerprint density at radius 2 is 2.07 bits per heavy atom. The molecule has 28 heavy (non-hydrogen) atoms. The molecule has 1 aliphatic rings. The van der Waals surface area contributed by atoms with E-state index in [0.717, 1.165) is 37.4 Å². The van der Waals surface area contributed by atoms with Crippen LogP contribution in [0.3, 0.4) is 0 Å². The maximum absolute atomic E-state index is 12.8. The monoisotopic (exact) mass is 374 g/mol. The van der Waals surface area contributed by atoms with Gasteiger partial charge in [-0.05, 0) is 26.0 Å². The van der Waals surface area contributed by atoms with Gasteiger partial charge in [0, 0.05) is 43.6 Å². The predicted molar refractivity (Wildman–Crippen MR) is 108 cm³/mol. The summed E-state index contributed by atoms with van der Waals surface area (Å²) in [7, 11) is 0. The lowest BCUT2D eigenvalue weighted by Gasteiger charge is -2.29. The predicted octanol–water partition coefficient (Wildman–Crippen LogP) is 2.77. The number of anilines is 1. The van der Waals surface area contributed by atoms with Gasteiger partial charge in [-0.25, -0.2) is 9.97 Å². The van der Waals surface area contributed by atoms with E-state index in [2.05, 4.69) is 38.4 Å². The Morgan fingerprint density at radius 1 is 1.29 bits per heavy atom. The number of aromatic amines is 1. The van der Waals surface area contributed by atoms with Crippen LogP contribution in [0.25, 0.3) is 22.4 Å². The minimum absolute atomic E-state index is 0.262. The van der Waals surface area contributed by atoms with Gasteiger partial charge in [0.05, 0.1) is 23.5 Å². The van der Waals surface area contributed by atoms with Gasteiger partial charge in [0.1, 0.15) is 10.9 Å². The summed E-state index contributed by atoms with van der Waals surface area (Å²) in [6, 6.07) is 10.3. The molecular weight excluding hydrogens is 352 g/mol. The number of carbonyl (C=O) groups excluding carboxylic acids is 1. The topological polar surface area (TPSA) is 97.7 Å². The number of benzene rings is 1. The maximum Gasteiger partial charge on any atom is 0.186 e. The molecule has 0 aliphatic carbocycles. The number of H-pyrrole nitrogens is 1. The van der Waals surface area contributed by atoms with E-state index in [0.29, 0.717) is 22.4 Å². The zero-order valence-electron chi connectivity index (χ0n) is 16.0. The molecule has 0 radical (unpaired) electrons. The largest absolute Gasteiger partial charge is 0.369 e. The van der Waals surface area contributed by atoms with Gasteiger partial charge in [-0.2, -0.15) is 5.26 Å². The quantitative estimate of drug-likeness (QED) is 0.682. The van der Waals surface area contributed by atoms with Crippen molar-refractivity contribution in [2.24, 2.45) is 5.41 Å². The van der Waals surface area contributed by atoms with Crippen molar-refractivity contribution in [1.82, 2.24) is 20.3 Å². The standard InChI is InChI=1S/C21H22N6O/c1-21(2,13-22)19(28)16-11-24-20-18(16)26-17(12-25-20)14-4-3-5-15(10-14)27-8-6-23-7-9-27/h3-5,10-12,23H,6-9H2,1-2H3,(H,24,25). The fraction of sp³-hybridized carbons (Fsp3) is 0.333. The van der Waals surface area contributed by atoms with Crippen LogP contribution in [0.15, 0.2) is 36.7 Å². The van der Waals surface area contributed by atoms with Gasteiger partial charge < -0.3 is 15.2 Å². The van der Waals surface area contributed by atoms with Crippen molar-refractivity contribution in [3.05, 3.63) is 42.2 Å². The molecular formula is C21H22N6O. The molecule has 2 N–H and O–H groups in total. The summed E-state index contributed by atoms with van der Waals surface area (Å²) in [6.07, 6.45) is 3.30. The summed E-state index contributed by atoms with van der Waals surface area (Å²) in [5.41, 5.74) is 3.12. The summed E-state index contributed by atoms with van der Waals surface area (Å²) < 4.78 is 0. The van der Waals surface area contributed by atoms with Gasteiger partial charge in [-0.15, -0.1) is 0 Å². The first-order chi connectivity index (χ1) is 13.5. The molecule has 0 unspecified atom stereocenters. The molecule has 1 saturated heterocycles. The van der Waals surface area contributed by atoms with E-state index in [-0.39, 0.29) is 5.78 Å². The van der Waals surface area contributed by atoms with E-state index < -0.39 is 5.41 Å². The Hall–Kier alpha value is -3.24. The van der Waals surface area contributed by atoms with E-state index in [9.17, 15) is 10.1 Å². The fourth-order valence-electron chi connectivity index (χ4n) is 3.38. The van der Waals surface area contributed by atoms with Gasteiger partial charge in [-0.3, -0.25) is 4.79 Å². The van der Waals surface area contributed by atoms with Gasteiger partial charge in [0.2, 0.25) is 0 Å². The van der Waals surface area contributed by atoms with Crippen LogP contribution < -0.4 is 10.2 Å². The third-order valence-electron chi connectivity index (χ3n) is 5.10. The Labute approximate surface area is 163 Å². The van der Waals surface area contributed by atoms with Crippen LogP contribution in [0.1, 0.15) is 24.2 Å². The summed E-state index contributed by atoms with van der Waals surface area (Å²) in [5, 5.41) is 12.7. The van der Waals surface area contributed by atoms with Crippen molar-refractivity contribution in [2.75, 3.05) is 31.1 Å². The minimum Gasteiger partial charge on any atom is -0.369 e. The third kappa shape index (κ3) is 3.23. The average Bonchev–Trinajstić information content (AvgIpc) is 3.17. The minimum atomic E-state index is -1.12. The van der Waals surface area contributed by atoms with E-state index >= 15 is 0 Å². The average molecular weight is 374 g/mol. The van der Waals surface area contributed by atoms with Crippen LogP contribution in [0.2, 0.25) is 0 Å². The first-order valence-corrected chi connectivity index (χ1v) is 9.36. The third-order valence-corrected chi connectivity index (χ3v) is 5.10. The molecule has 142 valence electrons. The SMILES string of the molecule is CC(C)(C#N)C(=O)c1c[nH]c2ncc(-c3cccc(N4CCNCC4)c3)nc12. The number of hydrogen-bond acceptors (Lipinski definition) is 6. The van der Waals surface area contributed by atoms with E-state index in [1.807, 2.05) is 12.1 Å². The number of nitriles is 1. The first-order valence-electron chi connectivity index (χ1n) is 9.36. The molecule has 0 atom stereocenters. The van der Waals surface area contributed by atoms with Gasteiger partial charge in [-0.1, -0.05) is 12.1 Å². The normalized spacial score (nSPS) is 14.8. The van der Waals surface area contributed by atoms with Crippen LogP contribution >= 0.6 is 0 Å². The highest BCUT2D eigenvalue weighted by Gasteiger charge is 2.31. The summed E-state index contributed by atoms with van der Waals surface area (Å²) >= 11 is 0. The number of rotatable bonds is 4. The van der Waals surface area contributed by atoms with Crippen LogP contribution in [0.4, 0.5) is 5.69 Å². The summed E-state index contributed by atoms with van der Waals surface area (Å²) in [6.45, 7) is 7.10. The highest BCUT2D eigenvalue weighted by Crippen LogP contribution is 2.28. The molecule has 1 aliphatic heterocycles. The Balaban J connectivity index is 1.73. The highest BCUT2D eigenvalue weighted by atomic mass is 16.1. The van der Waals surface area contributed by atoms with E-state index in [4.69, 9.17) is 4.98 Å². The van der Waals surface area contributed by atoms with Crippen LogP contribution in [0.5, 0.6) is 0 Å². The Kier molecular flexibility index (Phi) is 4.57. The molecule has 4 rings (SSSR count). The van der Waals surface area contributed by atoms with E-state index in [1.54, 1.807) is 26.2 Å². The molecule has 7 heteroatoms. The maximum atomic E-state index is 12.8. The van der Waals surface area contributed by atoms with Crippen LogP contribution in [-0.2, 0) is 0 Å². The lowest BCUT2D eigenvalue weighted by atomic mass is 9.86. The molecule has 1 aromatic carbocycles. The number of carbonyl (C=O) groups is 1. The van der Waals surface area contributed by atoms with Crippen molar-refractivity contribution >= 4 is 22.6 Å². The van der Waals surface area contributed by atoms with Gasteiger partial charge >= 0.3 is 0 Å². The second-order valence-corrected chi connectivity index (χ2v) is 7.51. The lowest BCUT2D eigenvalue weighted by Crippen LogP contribution is -2.43. The molecule has 0 saturated carbocycles. The fourth-order valence-corrected chi connectivity index (χ4v) is 3.38. The molecule has 3 aromatic rings. The second-order valence-electron chi connectivity index (χ2n) is 7.51. The summed E-state index contributed by atoms with van der Waals surface area (Å²) in [4.78, 5) is 27.2. The number of ketones is 1. The summed E-state index contributed by atoms with van der Waals surface area (Å²) in [5.74, 6) is -0.262. The number of Topliss-reactive ketones (excluding diaryl/α,β-unsaturated/α-hetero) is 1. The van der Waals surface area contributed by atoms with Crippen molar-refractivity contribution in [3.8, 4) is 17.3 Å². The number of hydrogen-bond donors (Lipinski definition) is 2. The zero-order valence-corrected chi connectivity index (χ0v) is 16.0. The second kappa shape index (κ2) is 7.06. The molecule has 0 spiro atoms. The highest BCUT2D eigenvalue weighted by molar-refractivity contribution is 6.09. The van der Waals surface area contributed by atoms with Gasteiger partial charge in [0.25, 0.3) is 0 Å². The number of fused-ring (bicyclic) bond motifs is 1. The Morgan fingerprint density at radius 3 is 2.82 bits per heavy atom. The molecule has 0 bridgehead atoms. The molecule has 1 fully saturated rings. The lowest BCUT2D eigenvalue weighted by molar-refractivity contribution is 0.0893. The number of nitrogens with one attached hydrogen (secondary N) is 2. The van der Waals surface area contributed by atoms with Gasteiger partial charge in [0.15, 0.2) is 11.4 Å². The first kappa shape index (κ1) is 18.1. The van der Waals surface area contributed by atoms with Crippen molar-refractivity contribution < 1.29 is 4.79 Å². The van der Waals surface area contributed by atoms with Crippen molar-refractivity contribution in [3.63, 3.8) is 0 Å². The van der Waals surface area contributed by atoms with Crippen LogP contribution in [0, 0.1) is 16.7 Å². The molecule has 3 heterocycles. The molecule has 2 aromatic heterocycles. The van der Waals surface area contributed by atoms with Crippen LogP contribution in [-0.4, -0.2) is 46.9 Å². The molecule has 7 nitrogen and oxygen atoms in total. The van der Waals surface area contributed by atoms with E-state index in [1.165, 1.54) is 0 Å². The zero-order chi connectivity index (χ0) is 19.7. The Bertz CT molecular complexity index is 1070. The number of aromatic nitrogens is 3. The van der Waals surface area contributed by atoms with Crippen molar-refractivity contribution in [2.45, 2.75) is 13.8 Å². The number of nitrogens with zero attached hydrogens (tertiary/aromatic N) is 4. The smallest absolute Gasteiger partial charge is 0.186 e. The van der Waals surface area contributed by atoms with Crippen molar-refractivity contribution in [1.29, 1.82) is 5.26 Å². The number of piperazine rings is 1. The molecule has 0 amide bonds.